The van der Waals surface area contributed by atoms with Gasteiger partial charge in [-0.3, -0.25) is 4.79 Å². The molecule has 0 aliphatic carbocycles. The maximum atomic E-state index is 13.1. The van der Waals surface area contributed by atoms with E-state index in [1.807, 2.05) is 6.26 Å². The van der Waals surface area contributed by atoms with Crippen LogP contribution in [-0.2, 0) is 4.79 Å². The predicted molar refractivity (Wildman–Crippen MR) is 73.9 cm³/mol. The van der Waals surface area contributed by atoms with Crippen LogP contribution in [0.2, 0.25) is 0 Å². The first kappa shape index (κ1) is 15.9. The summed E-state index contributed by atoms with van der Waals surface area (Å²) in [4.78, 5) is 11.8. The summed E-state index contributed by atoms with van der Waals surface area (Å²) in [5, 5.41) is 2.69. The summed E-state index contributed by atoms with van der Waals surface area (Å²) in [5.41, 5.74) is 6.23. The zero-order valence-corrected chi connectivity index (χ0v) is 11.8. The highest BCUT2D eigenvalue weighted by Gasteiger charge is 2.17. The van der Waals surface area contributed by atoms with E-state index in [1.165, 1.54) is 6.07 Å². The van der Waals surface area contributed by atoms with Gasteiger partial charge in [-0.2, -0.15) is 11.8 Å². The Morgan fingerprint density at radius 2 is 2.11 bits per heavy atom. The lowest BCUT2D eigenvalue weighted by Crippen LogP contribution is -2.41. The molecule has 19 heavy (non-hydrogen) atoms. The van der Waals surface area contributed by atoms with E-state index in [1.54, 1.807) is 18.7 Å². The van der Waals surface area contributed by atoms with Crippen LogP contribution in [-0.4, -0.2) is 24.0 Å². The van der Waals surface area contributed by atoms with E-state index in [2.05, 4.69) is 5.32 Å². The van der Waals surface area contributed by atoms with Gasteiger partial charge < -0.3 is 11.1 Å². The van der Waals surface area contributed by atoms with E-state index in [-0.39, 0.29) is 5.91 Å². The van der Waals surface area contributed by atoms with Crippen molar-refractivity contribution in [3.8, 4) is 0 Å². The molecule has 0 heterocycles. The molecule has 0 spiro atoms. The van der Waals surface area contributed by atoms with Crippen molar-refractivity contribution in [2.75, 3.05) is 12.0 Å². The van der Waals surface area contributed by atoms with Gasteiger partial charge in [0.25, 0.3) is 0 Å². The van der Waals surface area contributed by atoms with Crippen molar-refractivity contribution in [1.82, 2.24) is 5.32 Å². The van der Waals surface area contributed by atoms with Gasteiger partial charge in [0.2, 0.25) is 5.91 Å². The third-order valence-corrected chi connectivity index (χ3v) is 3.42. The highest BCUT2D eigenvalue weighted by atomic mass is 32.2. The van der Waals surface area contributed by atoms with Crippen molar-refractivity contribution in [2.45, 2.75) is 25.4 Å². The maximum absolute atomic E-state index is 13.1. The third kappa shape index (κ3) is 4.80. The molecule has 0 saturated heterocycles. The van der Waals surface area contributed by atoms with Crippen LogP contribution in [0.15, 0.2) is 18.2 Å². The minimum atomic E-state index is -0.926. The van der Waals surface area contributed by atoms with Gasteiger partial charge in [0.15, 0.2) is 11.6 Å². The number of carbonyl (C=O) groups is 1. The van der Waals surface area contributed by atoms with E-state index < -0.39 is 23.7 Å². The number of thioether (sulfide) groups is 1. The first-order valence-electron chi connectivity index (χ1n) is 5.95. The van der Waals surface area contributed by atoms with Gasteiger partial charge in [-0.25, -0.2) is 8.78 Å². The molecule has 1 rings (SSSR count). The fraction of sp³-hybridized carbons (Fsp3) is 0.462. The average Bonchev–Trinajstić information content (AvgIpc) is 2.38. The third-order valence-electron chi connectivity index (χ3n) is 2.77. The van der Waals surface area contributed by atoms with Crippen LogP contribution in [0.1, 0.15) is 24.9 Å². The fourth-order valence-corrected chi connectivity index (χ4v) is 2.05. The lowest BCUT2D eigenvalue weighted by molar-refractivity contribution is -0.123. The minimum Gasteiger partial charge on any atom is -0.348 e. The Hall–Kier alpha value is -1.14. The number of nitrogens with two attached hydrogens (primary N) is 1. The smallest absolute Gasteiger partial charge is 0.237 e. The molecule has 0 fully saturated rings. The minimum absolute atomic E-state index is 0.286. The summed E-state index contributed by atoms with van der Waals surface area (Å²) < 4.78 is 25.9. The molecule has 0 aromatic heterocycles. The molecule has 0 saturated carbocycles. The number of hydrogen-bond acceptors (Lipinski definition) is 3. The Morgan fingerprint density at radius 3 is 2.68 bits per heavy atom. The molecule has 0 aliphatic rings. The Kier molecular flexibility index (Phi) is 6.24. The van der Waals surface area contributed by atoms with Crippen molar-refractivity contribution >= 4 is 17.7 Å². The van der Waals surface area contributed by atoms with Crippen molar-refractivity contribution in [3.05, 3.63) is 35.4 Å². The molecule has 1 aromatic rings. The van der Waals surface area contributed by atoms with Gasteiger partial charge in [0.05, 0.1) is 12.1 Å². The summed E-state index contributed by atoms with van der Waals surface area (Å²) in [6.45, 7) is 1.70. The number of hydrogen-bond donors (Lipinski definition) is 2. The van der Waals surface area contributed by atoms with Crippen LogP contribution in [0.5, 0.6) is 0 Å². The Labute approximate surface area is 115 Å². The summed E-state index contributed by atoms with van der Waals surface area (Å²) >= 11 is 1.61. The number of amides is 1. The molecule has 3 N–H and O–H groups in total. The molecular formula is C13H18F2N2OS. The van der Waals surface area contributed by atoms with Gasteiger partial charge in [0.1, 0.15) is 0 Å². The molecular weight excluding hydrogens is 270 g/mol. The quantitative estimate of drug-likeness (QED) is 0.844. The van der Waals surface area contributed by atoms with Crippen molar-refractivity contribution in [3.63, 3.8) is 0 Å². The normalized spacial score (nSPS) is 13.9. The van der Waals surface area contributed by atoms with Crippen LogP contribution >= 0.6 is 11.8 Å². The molecule has 1 aromatic carbocycles. The SMILES string of the molecule is CSCC[C@H](N)C(=O)NC(C)c1ccc(F)c(F)c1. The van der Waals surface area contributed by atoms with Crippen LogP contribution in [0.25, 0.3) is 0 Å². The second-order valence-electron chi connectivity index (χ2n) is 4.29. The predicted octanol–water partition coefficient (Wildman–Crippen LogP) is 2.22. The van der Waals surface area contributed by atoms with Gasteiger partial charge in [0, 0.05) is 0 Å². The Bertz CT molecular complexity index is 443. The number of halogens is 2. The first-order valence-corrected chi connectivity index (χ1v) is 7.35. The van der Waals surface area contributed by atoms with Gasteiger partial charge in [-0.1, -0.05) is 6.07 Å². The molecule has 3 nitrogen and oxygen atoms in total. The number of rotatable bonds is 6. The lowest BCUT2D eigenvalue weighted by Gasteiger charge is -2.17. The molecule has 106 valence electrons. The highest BCUT2D eigenvalue weighted by Crippen LogP contribution is 2.16. The fourth-order valence-electron chi connectivity index (χ4n) is 1.56. The molecule has 6 heteroatoms. The second-order valence-corrected chi connectivity index (χ2v) is 5.28. The van der Waals surface area contributed by atoms with E-state index in [0.717, 1.165) is 17.9 Å². The maximum Gasteiger partial charge on any atom is 0.237 e. The highest BCUT2D eigenvalue weighted by molar-refractivity contribution is 7.98. The molecule has 1 unspecified atom stereocenters. The molecule has 0 aliphatic heterocycles. The molecule has 2 atom stereocenters. The molecule has 0 radical (unpaired) electrons. The van der Waals surface area contributed by atoms with E-state index in [9.17, 15) is 13.6 Å². The van der Waals surface area contributed by atoms with Crippen LogP contribution in [0, 0.1) is 11.6 Å². The Balaban J connectivity index is 2.60. The number of nitrogens with one attached hydrogen (secondary N) is 1. The van der Waals surface area contributed by atoms with E-state index in [0.29, 0.717) is 12.0 Å². The Morgan fingerprint density at radius 1 is 1.42 bits per heavy atom. The van der Waals surface area contributed by atoms with Crippen molar-refractivity contribution in [1.29, 1.82) is 0 Å². The summed E-state index contributed by atoms with van der Waals surface area (Å²) in [5.74, 6) is -1.32. The summed E-state index contributed by atoms with van der Waals surface area (Å²) in [7, 11) is 0. The zero-order valence-electron chi connectivity index (χ0n) is 11.0. The topological polar surface area (TPSA) is 55.1 Å². The number of carbonyl (C=O) groups excluding carboxylic acids is 1. The standard InChI is InChI=1S/C13H18F2N2OS/c1-8(9-3-4-10(14)11(15)7-9)17-13(18)12(16)5-6-19-2/h3-4,7-8,12H,5-6,16H2,1-2H3,(H,17,18)/t8?,12-/m0/s1. The van der Waals surface area contributed by atoms with Crippen LogP contribution < -0.4 is 11.1 Å². The lowest BCUT2D eigenvalue weighted by atomic mass is 10.1. The largest absolute Gasteiger partial charge is 0.348 e. The van der Waals surface area contributed by atoms with Gasteiger partial charge >= 0.3 is 0 Å². The molecule has 1 amide bonds. The number of benzene rings is 1. The second kappa shape index (κ2) is 7.45. The van der Waals surface area contributed by atoms with Crippen LogP contribution in [0.3, 0.4) is 0 Å². The van der Waals surface area contributed by atoms with Crippen molar-refractivity contribution in [2.24, 2.45) is 5.73 Å². The van der Waals surface area contributed by atoms with Crippen molar-refractivity contribution < 1.29 is 13.6 Å². The molecule has 0 bridgehead atoms. The van der Waals surface area contributed by atoms with E-state index in [4.69, 9.17) is 5.73 Å². The van der Waals surface area contributed by atoms with Gasteiger partial charge in [-0.15, -0.1) is 0 Å². The summed E-state index contributed by atoms with van der Waals surface area (Å²) in [6.07, 6.45) is 2.52. The summed E-state index contributed by atoms with van der Waals surface area (Å²) in [6, 6.07) is 2.56. The first-order chi connectivity index (χ1) is 8.95. The average molecular weight is 288 g/mol. The van der Waals surface area contributed by atoms with Crippen LogP contribution in [0.4, 0.5) is 8.78 Å². The van der Waals surface area contributed by atoms with E-state index >= 15 is 0 Å². The van der Waals surface area contributed by atoms with Gasteiger partial charge in [-0.05, 0) is 43.0 Å². The zero-order chi connectivity index (χ0) is 14.4. The monoisotopic (exact) mass is 288 g/mol.